The molecule has 0 spiro atoms. The summed E-state index contributed by atoms with van der Waals surface area (Å²) in [7, 11) is 1.36. The van der Waals surface area contributed by atoms with E-state index < -0.39 is 28.1 Å². The van der Waals surface area contributed by atoms with Gasteiger partial charge in [0.1, 0.15) is 10.4 Å². The molecule has 4 bridgehead atoms. The SMILES string of the molecule is COC(=O)N1C2CC(=O)O[C@H]3c4cc5c(cc4[C@]1(C)[C@@]3(Br)c1ccccc12)OCO5. The van der Waals surface area contributed by atoms with Crippen molar-refractivity contribution in [2.45, 2.75) is 35.4 Å². The number of hydrogen-bond acceptors (Lipinski definition) is 6. The lowest BCUT2D eigenvalue weighted by atomic mass is 9.70. The van der Waals surface area contributed by atoms with Gasteiger partial charge in [-0.25, -0.2) is 4.79 Å². The molecule has 0 N–H and O–H groups in total. The zero-order valence-electron chi connectivity index (χ0n) is 16.3. The Morgan fingerprint density at radius 2 is 1.90 bits per heavy atom. The van der Waals surface area contributed by atoms with Crippen LogP contribution in [0.5, 0.6) is 11.5 Å². The third-order valence-corrected chi connectivity index (χ3v) is 8.52. The molecule has 0 saturated carbocycles. The highest BCUT2D eigenvalue weighted by atomic mass is 79.9. The Balaban J connectivity index is 1.75. The van der Waals surface area contributed by atoms with E-state index in [1.54, 1.807) is 4.90 Å². The molecule has 3 heterocycles. The molecular weight excluding hydrogens is 454 g/mol. The van der Waals surface area contributed by atoms with Crippen LogP contribution < -0.4 is 9.47 Å². The Kier molecular flexibility index (Phi) is 3.43. The van der Waals surface area contributed by atoms with Gasteiger partial charge in [0.05, 0.1) is 25.1 Å². The lowest BCUT2D eigenvalue weighted by Crippen LogP contribution is -2.62. The quantitative estimate of drug-likeness (QED) is 0.426. The molecule has 2 aromatic rings. The molecule has 0 aromatic heterocycles. The highest BCUT2D eigenvalue weighted by Crippen LogP contribution is 2.71. The molecule has 4 atom stereocenters. The first-order chi connectivity index (χ1) is 14.4. The van der Waals surface area contributed by atoms with Crippen LogP contribution in [0.3, 0.4) is 0 Å². The number of fused-ring (bicyclic) bond motifs is 6. The molecule has 2 aromatic carbocycles. The Morgan fingerprint density at radius 1 is 1.17 bits per heavy atom. The van der Waals surface area contributed by atoms with E-state index in [2.05, 4.69) is 15.9 Å². The number of carbonyl (C=O) groups is 2. The van der Waals surface area contributed by atoms with E-state index in [9.17, 15) is 9.59 Å². The van der Waals surface area contributed by atoms with E-state index in [1.807, 2.05) is 43.3 Å². The van der Waals surface area contributed by atoms with Gasteiger partial charge in [-0.3, -0.25) is 9.69 Å². The summed E-state index contributed by atoms with van der Waals surface area (Å²) in [6, 6.07) is 11.1. The molecule has 7 nitrogen and oxygen atoms in total. The van der Waals surface area contributed by atoms with E-state index >= 15 is 0 Å². The van der Waals surface area contributed by atoms with E-state index in [4.69, 9.17) is 18.9 Å². The number of carbonyl (C=O) groups excluding carboxylic acids is 2. The number of esters is 1. The van der Waals surface area contributed by atoms with Crippen LogP contribution in [0.15, 0.2) is 36.4 Å². The number of methoxy groups -OCH3 is 1. The number of rotatable bonds is 0. The smallest absolute Gasteiger partial charge is 0.410 e. The Hall–Kier alpha value is -2.74. The average Bonchev–Trinajstić information content (AvgIpc) is 3.28. The molecule has 6 rings (SSSR count). The van der Waals surface area contributed by atoms with Crippen molar-refractivity contribution < 1.29 is 28.5 Å². The fraction of sp³-hybridized carbons (Fsp3) is 0.364. The van der Waals surface area contributed by atoms with E-state index in [0.717, 1.165) is 22.3 Å². The maximum Gasteiger partial charge on any atom is 0.410 e. The summed E-state index contributed by atoms with van der Waals surface area (Å²) in [6.45, 7) is 2.12. The maximum absolute atomic E-state index is 13.2. The number of halogens is 1. The minimum atomic E-state index is -0.908. The number of ether oxygens (including phenoxy) is 4. The van der Waals surface area contributed by atoms with Gasteiger partial charge in [0.2, 0.25) is 6.79 Å². The van der Waals surface area contributed by atoms with E-state index in [-0.39, 0.29) is 19.2 Å². The predicted molar refractivity (Wildman–Crippen MR) is 107 cm³/mol. The van der Waals surface area contributed by atoms with Gasteiger partial charge >= 0.3 is 12.1 Å². The van der Waals surface area contributed by atoms with Gasteiger partial charge in [-0.15, -0.1) is 0 Å². The van der Waals surface area contributed by atoms with Crippen molar-refractivity contribution in [1.29, 1.82) is 0 Å². The second kappa shape index (κ2) is 5.69. The monoisotopic (exact) mass is 471 g/mol. The van der Waals surface area contributed by atoms with Gasteiger partial charge in [-0.1, -0.05) is 40.2 Å². The predicted octanol–water partition coefficient (Wildman–Crippen LogP) is 4.05. The fourth-order valence-corrected chi connectivity index (χ4v) is 6.74. The zero-order chi connectivity index (χ0) is 20.8. The summed E-state index contributed by atoms with van der Waals surface area (Å²) in [5.74, 6) is 0.836. The third kappa shape index (κ3) is 1.87. The Morgan fingerprint density at radius 3 is 2.67 bits per heavy atom. The van der Waals surface area contributed by atoms with Crippen molar-refractivity contribution in [2.75, 3.05) is 13.9 Å². The number of nitrogens with zero attached hydrogens (tertiary/aromatic N) is 1. The molecule has 1 aliphatic carbocycles. The fourth-order valence-electron chi connectivity index (χ4n) is 5.63. The van der Waals surface area contributed by atoms with Gasteiger partial charge in [-0.05, 0) is 35.7 Å². The first-order valence-corrected chi connectivity index (χ1v) is 10.5. The Bertz CT molecular complexity index is 1130. The molecule has 8 heteroatoms. The van der Waals surface area contributed by atoms with Gasteiger partial charge in [0.25, 0.3) is 0 Å². The normalized spacial score (nSPS) is 32.1. The second-order valence-electron chi connectivity index (χ2n) is 8.09. The largest absolute Gasteiger partial charge is 0.455 e. The van der Waals surface area contributed by atoms with Gasteiger partial charge in [0, 0.05) is 5.56 Å². The van der Waals surface area contributed by atoms with Crippen LogP contribution in [0.25, 0.3) is 0 Å². The van der Waals surface area contributed by atoms with Crippen molar-refractivity contribution in [3.8, 4) is 11.5 Å². The lowest BCUT2D eigenvalue weighted by molar-refractivity contribution is -0.161. The first-order valence-electron chi connectivity index (χ1n) is 9.70. The summed E-state index contributed by atoms with van der Waals surface area (Å²) in [5, 5.41) is 0. The number of alkyl halides is 1. The third-order valence-electron chi connectivity index (χ3n) is 6.91. The minimum Gasteiger partial charge on any atom is -0.455 e. The standard InChI is InChI=1S/C22H18BrNO6/c1-21-14-8-17-16(28-10-29-17)7-12(14)19-22(21,23)13-6-4-3-5-11(13)15(9-18(25)30-19)24(21)20(26)27-2/h3-8,15,19H,9-10H2,1-2H3/t15?,19-,21+,22+/m0/s1. The molecular formula is C22H18BrNO6. The molecule has 1 amide bonds. The number of amides is 1. The topological polar surface area (TPSA) is 74.3 Å². The summed E-state index contributed by atoms with van der Waals surface area (Å²) in [6.07, 6.45) is -1.11. The minimum absolute atomic E-state index is 0.0436. The van der Waals surface area contributed by atoms with Crippen LogP contribution in [-0.4, -0.2) is 30.9 Å². The van der Waals surface area contributed by atoms with Crippen LogP contribution in [0, 0.1) is 0 Å². The van der Waals surface area contributed by atoms with Crippen molar-refractivity contribution in [2.24, 2.45) is 0 Å². The summed E-state index contributed by atoms with van der Waals surface area (Å²) in [4.78, 5) is 27.8. The highest BCUT2D eigenvalue weighted by molar-refractivity contribution is 9.09. The molecule has 154 valence electrons. The zero-order valence-corrected chi connectivity index (χ0v) is 17.9. The molecule has 30 heavy (non-hydrogen) atoms. The molecule has 1 fully saturated rings. The van der Waals surface area contributed by atoms with Crippen molar-refractivity contribution in [3.05, 3.63) is 58.7 Å². The Labute approximate surface area is 181 Å². The van der Waals surface area contributed by atoms with Gasteiger partial charge in [-0.2, -0.15) is 0 Å². The van der Waals surface area contributed by atoms with Crippen LogP contribution in [0.2, 0.25) is 0 Å². The van der Waals surface area contributed by atoms with E-state index in [0.29, 0.717) is 11.5 Å². The van der Waals surface area contributed by atoms with Gasteiger partial charge in [0.15, 0.2) is 11.5 Å². The molecule has 1 saturated heterocycles. The van der Waals surface area contributed by atoms with Crippen LogP contribution in [0.1, 0.15) is 47.7 Å². The van der Waals surface area contributed by atoms with Crippen LogP contribution in [0.4, 0.5) is 4.79 Å². The average molecular weight is 472 g/mol. The van der Waals surface area contributed by atoms with Gasteiger partial charge < -0.3 is 18.9 Å². The summed E-state index contributed by atoms with van der Waals surface area (Å²) in [5.41, 5.74) is 2.63. The molecule has 3 aliphatic heterocycles. The van der Waals surface area contributed by atoms with E-state index in [1.165, 1.54) is 7.11 Å². The second-order valence-corrected chi connectivity index (χ2v) is 9.34. The van der Waals surface area contributed by atoms with Crippen molar-refractivity contribution in [3.63, 3.8) is 0 Å². The first kappa shape index (κ1) is 18.1. The van der Waals surface area contributed by atoms with Crippen molar-refractivity contribution >= 4 is 28.0 Å². The van der Waals surface area contributed by atoms with Crippen molar-refractivity contribution in [1.82, 2.24) is 4.90 Å². The number of benzene rings is 2. The molecule has 0 radical (unpaired) electrons. The molecule has 1 unspecified atom stereocenters. The maximum atomic E-state index is 13.2. The van der Waals surface area contributed by atoms with Crippen LogP contribution in [-0.2, 0) is 24.1 Å². The highest BCUT2D eigenvalue weighted by Gasteiger charge is 2.71. The lowest BCUT2D eigenvalue weighted by Gasteiger charge is -2.57. The van der Waals surface area contributed by atoms with Crippen LogP contribution >= 0.6 is 15.9 Å². The molecule has 4 aliphatic rings. The summed E-state index contributed by atoms with van der Waals surface area (Å²) < 4.78 is 21.5. The summed E-state index contributed by atoms with van der Waals surface area (Å²) >= 11 is 3.99. The number of hydrogen-bond donors (Lipinski definition) is 0.